The second-order valence-corrected chi connectivity index (χ2v) is 3.45. The van der Waals surface area contributed by atoms with Crippen LogP contribution in [-0.2, 0) is 0 Å². The van der Waals surface area contributed by atoms with Crippen molar-refractivity contribution in [2.45, 2.75) is 6.04 Å². The number of nitrogens with one attached hydrogen (secondary N) is 1. The maximum atomic E-state index is 8.79. The fraction of sp³-hybridized carbons (Fsp3) is 1.00. The Hall–Kier alpha value is 0.270. The number of likely N-dealkylation sites (N-methyl/N-ethyl adjacent to an activating group) is 1. The van der Waals surface area contributed by atoms with Gasteiger partial charge >= 0.3 is 0 Å². The number of aliphatic hydroxyl groups is 1. The highest BCUT2D eigenvalue weighted by Gasteiger charge is 2.25. The van der Waals surface area contributed by atoms with Crippen LogP contribution in [0.1, 0.15) is 0 Å². The van der Waals surface area contributed by atoms with Crippen LogP contribution >= 0.6 is 11.8 Å². The summed E-state index contributed by atoms with van der Waals surface area (Å²) in [5.41, 5.74) is 0. The van der Waals surface area contributed by atoms with E-state index in [9.17, 15) is 0 Å². The third-order valence-electron chi connectivity index (χ3n) is 1.80. The van der Waals surface area contributed by atoms with Crippen molar-refractivity contribution in [3.05, 3.63) is 0 Å². The first kappa shape index (κ1) is 7.38. The average molecular weight is 147 g/mol. The summed E-state index contributed by atoms with van der Waals surface area (Å²) in [4.78, 5) is 0. The lowest BCUT2D eigenvalue weighted by molar-refractivity contribution is 0.217. The normalized spacial score (nSPS) is 23.3. The van der Waals surface area contributed by atoms with Crippen LogP contribution in [0.4, 0.5) is 0 Å². The highest BCUT2D eigenvalue weighted by molar-refractivity contribution is 8.00. The molecule has 9 heavy (non-hydrogen) atoms. The van der Waals surface area contributed by atoms with Gasteiger partial charge in [0.1, 0.15) is 0 Å². The number of thioether (sulfide) groups is 1. The lowest BCUT2D eigenvalue weighted by atomic mass is 10.0. The van der Waals surface area contributed by atoms with E-state index >= 15 is 0 Å². The molecule has 1 aliphatic heterocycles. The fourth-order valence-electron chi connectivity index (χ4n) is 0.962. The number of hydrogen-bond donors (Lipinski definition) is 2. The van der Waals surface area contributed by atoms with E-state index in [0.717, 1.165) is 0 Å². The molecule has 0 spiro atoms. The molecule has 0 amide bonds. The minimum Gasteiger partial charge on any atom is -0.395 e. The van der Waals surface area contributed by atoms with Crippen molar-refractivity contribution in [2.75, 3.05) is 25.2 Å². The Labute approximate surface area is 60.0 Å². The molecule has 0 aromatic heterocycles. The summed E-state index contributed by atoms with van der Waals surface area (Å²) in [6.07, 6.45) is 0. The molecule has 0 aliphatic carbocycles. The quantitative estimate of drug-likeness (QED) is 0.586. The summed E-state index contributed by atoms with van der Waals surface area (Å²) in [6, 6.07) is 0.339. The van der Waals surface area contributed by atoms with E-state index in [-0.39, 0.29) is 6.61 Å². The molecule has 1 fully saturated rings. The smallest absolute Gasteiger partial charge is 0.0587 e. The molecule has 0 radical (unpaired) electrons. The molecular weight excluding hydrogens is 134 g/mol. The van der Waals surface area contributed by atoms with Crippen LogP contribution in [0.15, 0.2) is 0 Å². The Morgan fingerprint density at radius 1 is 1.78 bits per heavy atom. The Balaban J connectivity index is 2.19. The first-order chi connectivity index (χ1) is 4.38. The van der Waals surface area contributed by atoms with Crippen molar-refractivity contribution < 1.29 is 5.11 Å². The second kappa shape index (κ2) is 3.44. The molecule has 1 saturated heterocycles. The van der Waals surface area contributed by atoms with E-state index in [2.05, 4.69) is 5.32 Å². The van der Waals surface area contributed by atoms with Crippen molar-refractivity contribution in [1.29, 1.82) is 0 Å². The van der Waals surface area contributed by atoms with Crippen molar-refractivity contribution in [3.63, 3.8) is 0 Å². The summed E-state index contributed by atoms with van der Waals surface area (Å²) >= 11 is 1.95. The summed E-state index contributed by atoms with van der Waals surface area (Å²) < 4.78 is 0. The Morgan fingerprint density at radius 2 is 2.44 bits per heavy atom. The summed E-state index contributed by atoms with van der Waals surface area (Å²) in [5.74, 6) is 3.14. The lowest BCUT2D eigenvalue weighted by Gasteiger charge is -2.31. The highest BCUT2D eigenvalue weighted by Crippen LogP contribution is 2.26. The molecule has 0 saturated carbocycles. The summed E-state index contributed by atoms with van der Waals surface area (Å²) in [5, 5.41) is 11.9. The molecule has 1 atom stereocenters. The van der Waals surface area contributed by atoms with Crippen molar-refractivity contribution >= 4 is 11.8 Å². The predicted molar refractivity (Wildman–Crippen MR) is 40.7 cm³/mol. The van der Waals surface area contributed by atoms with Crippen LogP contribution in [0.2, 0.25) is 0 Å². The molecule has 2 nitrogen and oxygen atoms in total. The maximum absolute atomic E-state index is 8.79. The average Bonchev–Trinajstić information content (AvgIpc) is 1.78. The molecule has 54 valence electrons. The van der Waals surface area contributed by atoms with E-state index in [1.54, 1.807) is 0 Å². The van der Waals surface area contributed by atoms with Crippen LogP contribution in [0.5, 0.6) is 0 Å². The molecule has 0 aromatic carbocycles. The number of hydrogen-bond acceptors (Lipinski definition) is 3. The van der Waals surface area contributed by atoms with E-state index < -0.39 is 0 Å². The first-order valence-corrected chi connectivity index (χ1v) is 4.40. The van der Waals surface area contributed by atoms with Crippen LogP contribution < -0.4 is 5.32 Å². The van der Waals surface area contributed by atoms with Gasteiger partial charge in [0.15, 0.2) is 0 Å². The van der Waals surface area contributed by atoms with Crippen LogP contribution in [0.25, 0.3) is 0 Å². The molecule has 1 unspecified atom stereocenters. The Kier molecular flexibility index (Phi) is 2.82. The number of aliphatic hydroxyl groups excluding tert-OH is 1. The van der Waals surface area contributed by atoms with Gasteiger partial charge in [0.25, 0.3) is 0 Å². The zero-order valence-electron chi connectivity index (χ0n) is 5.63. The second-order valence-electron chi connectivity index (χ2n) is 2.38. The highest BCUT2D eigenvalue weighted by atomic mass is 32.2. The molecule has 3 heteroatoms. The fourth-order valence-corrected chi connectivity index (χ4v) is 1.93. The van der Waals surface area contributed by atoms with E-state index in [1.807, 2.05) is 18.8 Å². The summed E-state index contributed by atoms with van der Waals surface area (Å²) in [6.45, 7) is 0.279. The van der Waals surface area contributed by atoms with Gasteiger partial charge in [-0.2, -0.15) is 11.8 Å². The van der Waals surface area contributed by atoms with Crippen molar-refractivity contribution in [1.82, 2.24) is 5.32 Å². The molecule has 1 aliphatic rings. The van der Waals surface area contributed by atoms with E-state index in [4.69, 9.17) is 5.11 Å². The van der Waals surface area contributed by atoms with E-state index in [0.29, 0.717) is 12.0 Å². The van der Waals surface area contributed by atoms with Crippen molar-refractivity contribution in [3.8, 4) is 0 Å². The third kappa shape index (κ3) is 1.60. The minimum absolute atomic E-state index is 0.279. The molecule has 1 heterocycles. The SMILES string of the molecule is CNC(CO)C1CSC1. The molecule has 2 N–H and O–H groups in total. The van der Waals surface area contributed by atoms with Gasteiger partial charge in [-0.15, -0.1) is 0 Å². The van der Waals surface area contributed by atoms with Gasteiger partial charge in [0.05, 0.1) is 6.61 Å². The minimum atomic E-state index is 0.279. The maximum Gasteiger partial charge on any atom is 0.0587 e. The monoisotopic (exact) mass is 147 g/mol. The molecule has 0 bridgehead atoms. The molecular formula is C6H13NOS. The van der Waals surface area contributed by atoms with Gasteiger partial charge < -0.3 is 10.4 Å². The van der Waals surface area contributed by atoms with Gasteiger partial charge in [-0.25, -0.2) is 0 Å². The largest absolute Gasteiger partial charge is 0.395 e. The van der Waals surface area contributed by atoms with Crippen molar-refractivity contribution in [2.24, 2.45) is 5.92 Å². The van der Waals surface area contributed by atoms with Gasteiger partial charge in [-0.3, -0.25) is 0 Å². The standard InChI is InChI=1S/C6H13NOS/c1-7-6(2-8)5-3-9-4-5/h5-8H,2-4H2,1H3. The van der Waals surface area contributed by atoms with E-state index in [1.165, 1.54) is 11.5 Å². The topological polar surface area (TPSA) is 32.3 Å². The molecule has 0 aromatic rings. The van der Waals surface area contributed by atoms with Crippen LogP contribution in [0.3, 0.4) is 0 Å². The van der Waals surface area contributed by atoms with Crippen LogP contribution in [-0.4, -0.2) is 36.3 Å². The van der Waals surface area contributed by atoms with Gasteiger partial charge in [-0.1, -0.05) is 0 Å². The lowest BCUT2D eigenvalue weighted by Crippen LogP contribution is -2.43. The number of rotatable bonds is 3. The zero-order valence-corrected chi connectivity index (χ0v) is 6.45. The van der Waals surface area contributed by atoms with Gasteiger partial charge in [-0.05, 0) is 24.5 Å². The Bertz CT molecular complexity index is 81.1. The Morgan fingerprint density at radius 3 is 2.56 bits per heavy atom. The zero-order chi connectivity index (χ0) is 6.69. The summed E-state index contributed by atoms with van der Waals surface area (Å²) in [7, 11) is 1.91. The molecule has 1 rings (SSSR count). The van der Waals surface area contributed by atoms with Gasteiger partial charge in [0, 0.05) is 6.04 Å². The van der Waals surface area contributed by atoms with Crippen LogP contribution in [0, 0.1) is 5.92 Å². The third-order valence-corrected chi connectivity index (χ3v) is 3.13. The predicted octanol–water partition coefficient (Wildman–Crippen LogP) is -0.0703. The first-order valence-electron chi connectivity index (χ1n) is 3.24. The van der Waals surface area contributed by atoms with Gasteiger partial charge in [0.2, 0.25) is 0 Å².